The van der Waals surface area contributed by atoms with Gasteiger partial charge in [-0.05, 0) is 12.8 Å². The highest BCUT2D eigenvalue weighted by atomic mass is 31.2. The zero-order valence-electron chi connectivity index (χ0n) is 52.3. The first-order valence-electron chi connectivity index (χ1n) is 34.4. The number of aliphatic hydroxyl groups is 1. The minimum Gasteiger partial charge on any atom is -0.391 e. The molecule has 0 bridgehead atoms. The molecule has 0 heterocycles. The standard InChI is InChI=1S/C67H137N2O6P/c1-6-8-10-12-14-16-18-20-22-24-26-28-30-32-33-34-35-37-38-40-42-44-46-48-50-52-54-56-58-60-66(70)65(64-75-76(72,73)74-63-62-69(3,4)5)68-67(71)61-59-57-55-53-51-49-47-45-43-41-39-36-31-29-27-25-23-21-19-17-15-13-11-9-7-2/h65-66,70H,6-64H2,1-5H3,(H-,68,71,72,73)/p+1. The van der Waals surface area contributed by atoms with E-state index < -0.39 is 20.0 Å². The fourth-order valence-corrected chi connectivity index (χ4v) is 11.7. The molecule has 0 fully saturated rings. The molecule has 0 aromatic heterocycles. The van der Waals surface area contributed by atoms with Crippen LogP contribution in [-0.4, -0.2) is 73.4 Å². The van der Waals surface area contributed by atoms with E-state index in [1.165, 1.54) is 308 Å². The lowest BCUT2D eigenvalue weighted by atomic mass is 10.0. The molecule has 8 nitrogen and oxygen atoms in total. The number of rotatable bonds is 65. The number of carbonyl (C=O) groups excluding carboxylic acids is 1. The summed E-state index contributed by atoms with van der Waals surface area (Å²) < 4.78 is 23.9. The molecule has 3 atom stereocenters. The normalized spacial score (nSPS) is 13.6. The Balaban J connectivity index is 4.00. The second-order valence-electron chi connectivity index (χ2n) is 25.3. The van der Waals surface area contributed by atoms with Crippen molar-refractivity contribution in [2.75, 3.05) is 40.9 Å². The second kappa shape index (κ2) is 59.1. The maximum Gasteiger partial charge on any atom is 0.472 e. The van der Waals surface area contributed by atoms with Crippen molar-refractivity contribution in [3.63, 3.8) is 0 Å². The van der Waals surface area contributed by atoms with Gasteiger partial charge in [-0.3, -0.25) is 13.8 Å². The number of amides is 1. The Morgan fingerprint density at radius 3 is 0.882 bits per heavy atom. The van der Waals surface area contributed by atoms with Crippen LogP contribution in [0.3, 0.4) is 0 Å². The molecule has 0 saturated heterocycles. The lowest BCUT2D eigenvalue weighted by molar-refractivity contribution is -0.870. The number of phosphoric ester groups is 1. The molecule has 0 aromatic carbocycles. The van der Waals surface area contributed by atoms with Crippen LogP contribution in [0.25, 0.3) is 0 Å². The first-order chi connectivity index (χ1) is 37.0. The van der Waals surface area contributed by atoms with Crippen molar-refractivity contribution < 1.29 is 32.9 Å². The predicted octanol–water partition coefficient (Wildman–Crippen LogP) is 21.6. The molecule has 0 aromatic rings. The molecule has 0 spiro atoms. The topological polar surface area (TPSA) is 105 Å². The minimum atomic E-state index is -4.32. The highest BCUT2D eigenvalue weighted by Crippen LogP contribution is 2.43. The largest absolute Gasteiger partial charge is 0.472 e. The minimum absolute atomic E-state index is 0.0795. The van der Waals surface area contributed by atoms with Crippen molar-refractivity contribution in [2.45, 2.75) is 386 Å². The highest BCUT2D eigenvalue weighted by Gasteiger charge is 2.28. The summed E-state index contributed by atoms with van der Waals surface area (Å²) in [5, 5.41) is 14.2. The molecular formula is C67H138N2O6P+. The number of hydrogen-bond acceptors (Lipinski definition) is 5. The zero-order valence-corrected chi connectivity index (χ0v) is 53.2. The lowest BCUT2D eigenvalue weighted by Crippen LogP contribution is -2.46. The van der Waals surface area contributed by atoms with Crippen LogP contribution < -0.4 is 5.32 Å². The summed E-state index contributed by atoms with van der Waals surface area (Å²) in [5.74, 6) is -0.133. The van der Waals surface area contributed by atoms with Gasteiger partial charge in [-0.2, -0.15) is 0 Å². The fourth-order valence-electron chi connectivity index (χ4n) is 11.0. The number of aliphatic hydroxyl groups excluding tert-OH is 1. The van der Waals surface area contributed by atoms with Gasteiger partial charge < -0.3 is 19.8 Å². The van der Waals surface area contributed by atoms with E-state index in [0.717, 1.165) is 38.5 Å². The summed E-state index contributed by atoms with van der Waals surface area (Å²) in [6.45, 7) is 4.97. The predicted molar refractivity (Wildman–Crippen MR) is 332 cm³/mol. The summed E-state index contributed by atoms with van der Waals surface area (Å²) in [5.41, 5.74) is 0. The van der Waals surface area contributed by atoms with Crippen molar-refractivity contribution in [1.29, 1.82) is 0 Å². The van der Waals surface area contributed by atoms with Crippen LogP contribution in [0.15, 0.2) is 0 Å². The quantitative estimate of drug-likeness (QED) is 0.0318. The average Bonchev–Trinajstić information content (AvgIpc) is 3.38. The van der Waals surface area contributed by atoms with Crippen LogP contribution in [-0.2, 0) is 18.4 Å². The number of quaternary nitrogens is 1. The maximum atomic E-state index is 13.1. The number of carbonyl (C=O) groups is 1. The highest BCUT2D eigenvalue weighted by molar-refractivity contribution is 7.47. The van der Waals surface area contributed by atoms with Crippen molar-refractivity contribution in [1.82, 2.24) is 5.32 Å². The zero-order chi connectivity index (χ0) is 55.6. The number of nitrogens with one attached hydrogen (secondary N) is 1. The molecule has 456 valence electrons. The molecule has 0 aliphatic heterocycles. The third-order valence-electron chi connectivity index (χ3n) is 16.4. The van der Waals surface area contributed by atoms with E-state index in [-0.39, 0.29) is 19.1 Å². The Bertz CT molecular complexity index is 1200. The SMILES string of the molecule is CCCCCCCCCCCCCCCCCCCCCCCCCCCCCCCC(O)C(COP(=O)(O)OCC[N+](C)(C)C)NC(=O)CCCCCCCCCCCCCCCCCCCCCCCCCCC. The Morgan fingerprint density at radius 2 is 0.632 bits per heavy atom. The van der Waals surface area contributed by atoms with Crippen LogP contribution in [0, 0.1) is 0 Å². The van der Waals surface area contributed by atoms with Crippen molar-refractivity contribution in [3.8, 4) is 0 Å². The number of phosphoric acid groups is 1. The Kier molecular flexibility index (Phi) is 58.7. The van der Waals surface area contributed by atoms with Gasteiger partial charge in [-0.1, -0.05) is 354 Å². The molecule has 1 amide bonds. The van der Waals surface area contributed by atoms with E-state index in [0.29, 0.717) is 23.9 Å². The van der Waals surface area contributed by atoms with E-state index in [9.17, 15) is 19.4 Å². The Hall–Kier alpha value is -0.500. The van der Waals surface area contributed by atoms with Gasteiger partial charge in [0.1, 0.15) is 13.2 Å². The van der Waals surface area contributed by atoms with Gasteiger partial charge >= 0.3 is 7.82 Å². The van der Waals surface area contributed by atoms with Crippen LogP contribution >= 0.6 is 7.82 Å². The molecule has 0 aliphatic rings. The van der Waals surface area contributed by atoms with E-state index in [1.54, 1.807) is 0 Å². The smallest absolute Gasteiger partial charge is 0.391 e. The molecule has 76 heavy (non-hydrogen) atoms. The monoisotopic (exact) mass is 1100 g/mol. The van der Waals surface area contributed by atoms with Gasteiger partial charge in [0, 0.05) is 6.42 Å². The van der Waals surface area contributed by atoms with Gasteiger partial charge in [0.05, 0.1) is 39.9 Å². The summed E-state index contributed by atoms with van der Waals surface area (Å²) in [6.07, 6.45) is 73.4. The van der Waals surface area contributed by atoms with Crippen molar-refractivity contribution >= 4 is 13.7 Å². The van der Waals surface area contributed by atoms with Gasteiger partial charge in [0.15, 0.2) is 0 Å². The number of nitrogens with zero attached hydrogens (tertiary/aromatic N) is 1. The van der Waals surface area contributed by atoms with E-state index >= 15 is 0 Å². The van der Waals surface area contributed by atoms with E-state index in [2.05, 4.69) is 19.2 Å². The third kappa shape index (κ3) is 61.1. The number of unbranched alkanes of at least 4 members (excludes halogenated alkanes) is 52. The average molecular weight is 1100 g/mol. The van der Waals surface area contributed by atoms with Gasteiger partial charge in [-0.15, -0.1) is 0 Å². The second-order valence-corrected chi connectivity index (χ2v) is 26.7. The van der Waals surface area contributed by atoms with Crippen molar-refractivity contribution in [3.05, 3.63) is 0 Å². The lowest BCUT2D eigenvalue weighted by Gasteiger charge is -2.26. The van der Waals surface area contributed by atoms with Crippen LogP contribution in [0.5, 0.6) is 0 Å². The Morgan fingerprint density at radius 1 is 0.395 bits per heavy atom. The molecule has 9 heteroatoms. The van der Waals surface area contributed by atoms with Crippen LogP contribution in [0.1, 0.15) is 373 Å². The summed E-state index contributed by atoms with van der Waals surface area (Å²) in [6, 6.07) is -0.757. The molecular weight excluding hydrogens is 960 g/mol. The first kappa shape index (κ1) is 75.5. The molecule has 0 rings (SSSR count). The molecule has 0 radical (unpaired) electrons. The van der Waals surface area contributed by atoms with E-state index in [4.69, 9.17) is 9.05 Å². The first-order valence-corrected chi connectivity index (χ1v) is 35.9. The summed E-state index contributed by atoms with van der Waals surface area (Å²) >= 11 is 0. The van der Waals surface area contributed by atoms with Gasteiger partial charge in [0.25, 0.3) is 0 Å². The molecule has 3 unspecified atom stereocenters. The Labute approximate surface area is 476 Å². The van der Waals surface area contributed by atoms with Gasteiger partial charge in [-0.25, -0.2) is 4.57 Å². The number of hydrogen-bond donors (Lipinski definition) is 3. The molecule has 0 saturated carbocycles. The summed E-state index contributed by atoms with van der Waals surface area (Å²) in [7, 11) is 1.64. The van der Waals surface area contributed by atoms with Gasteiger partial charge in [0.2, 0.25) is 5.91 Å². The third-order valence-corrected chi connectivity index (χ3v) is 17.3. The fraction of sp³-hybridized carbons (Fsp3) is 0.985. The van der Waals surface area contributed by atoms with Crippen molar-refractivity contribution in [2.24, 2.45) is 0 Å². The maximum absolute atomic E-state index is 13.1. The van der Waals surface area contributed by atoms with Crippen LogP contribution in [0.4, 0.5) is 0 Å². The van der Waals surface area contributed by atoms with Crippen LogP contribution in [0.2, 0.25) is 0 Å². The van der Waals surface area contributed by atoms with E-state index in [1.807, 2.05) is 21.1 Å². The molecule has 3 N–H and O–H groups in total. The number of likely N-dealkylation sites (N-methyl/N-ethyl adjacent to an activating group) is 1. The molecule has 0 aliphatic carbocycles. The summed E-state index contributed by atoms with van der Waals surface area (Å²) in [4.78, 5) is 23.4.